The maximum Gasteiger partial charge on any atom is 0.338 e. The molecule has 0 spiro atoms. The highest BCUT2D eigenvalue weighted by atomic mass is 16.5. The fourth-order valence-corrected chi connectivity index (χ4v) is 4.48. The molecule has 1 atom stereocenters. The number of carbonyl (C=O) groups excluding carboxylic acids is 2. The molecule has 2 aliphatic rings. The molecule has 1 aromatic rings. The van der Waals surface area contributed by atoms with Crippen LogP contribution in [0.4, 0.5) is 10.5 Å². The van der Waals surface area contributed by atoms with Gasteiger partial charge in [-0.05, 0) is 56.7 Å². The highest BCUT2D eigenvalue weighted by Crippen LogP contribution is 2.31. The van der Waals surface area contributed by atoms with Gasteiger partial charge in [0.25, 0.3) is 0 Å². The Morgan fingerprint density at radius 2 is 1.73 bits per heavy atom. The number of amides is 2. The number of allylic oxidation sites excluding steroid dienone is 1. The summed E-state index contributed by atoms with van der Waals surface area (Å²) in [5.74, 6) is 0.120. The van der Waals surface area contributed by atoms with Crippen LogP contribution in [0.25, 0.3) is 0 Å². The molecule has 3 rings (SSSR count). The van der Waals surface area contributed by atoms with Crippen molar-refractivity contribution < 1.29 is 14.3 Å². The van der Waals surface area contributed by atoms with Gasteiger partial charge in [0.05, 0.1) is 18.2 Å². The van der Waals surface area contributed by atoms with Crippen LogP contribution in [0.15, 0.2) is 35.5 Å². The first-order valence-corrected chi connectivity index (χ1v) is 11.4. The van der Waals surface area contributed by atoms with E-state index in [-0.39, 0.29) is 12.0 Å². The average Bonchev–Trinajstić information content (AvgIpc) is 2.78. The molecule has 2 N–H and O–H groups in total. The molecule has 0 saturated heterocycles. The van der Waals surface area contributed by atoms with Crippen molar-refractivity contribution in [3.05, 3.63) is 41.1 Å². The fourth-order valence-electron chi connectivity index (χ4n) is 4.48. The first-order valence-electron chi connectivity index (χ1n) is 11.4. The van der Waals surface area contributed by atoms with E-state index in [2.05, 4.69) is 29.4 Å². The second-order valence-electron chi connectivity index (χ2n) is 8.14. The van der Waals surface area contributed by atoms with E-state index in [4.69, 9.17) is 4.74 Å². The maximum atomic E-state index is 13.1. The van der Waals surface area contributed by atoms with E-state index in [0.717, 1.165) is 37.2 Å². The van der Waals surface area contributed by atoms with Crippen molar-refractivity contribution in [2.75, 3.05) is 24.6 Å². The molecule has 1 heterocycles. The number of ether oxygens (including phenoxy) is 1. The van der Waals surface area contributed by atoms with Crippen LogP contribution in [0.2, 0.25) is 0 Å². The lowest BCUT2D eigenvalue weighted by atomic mass is 9.90. The number of carbonyl (C=O) groups is 2. The number of nitrogens with zero attached hydrogens (tertiary/aromatic N) is 1. The summed E-state index contributed by atoms with van der Waals surface area (Å²) in [5.41, 5.74) is 3.18. The second-order valence-corrected chi connectivity index (χ2v) is 8.14. The van der Waals surface area contributed by atoms with E-state index in [1.807, 2.05) is 31.2 Å². The number of rotatable bonds is 8. The van der Waals surface area contributed by atoms with Crippen molar-refractivity contribution in [3.8, 4) is 0 Å². The van der Waals surface area contributed by atoms with Crippen LogP contribution < -0.4 is 15.5 Å². The number of esters is 1. The summed E-state index contributed by atoms with van der Waals surface area (Å²) >= 11 is 0. The number of hydrogen-bond acceptors (Lipinski definition) is 4. The van der Waals surface area contributed by atoms with Gasteiger partial charge in [-0.1, -0.05) is 38.3 Å². The van der Waals surface area contributed by atoms with E-state index < -0.39 is 6.04 Å². The van der Waals surface area contributed by atoms with E-state index in [0.29, 0.717) is 30.2 Å². The Hall–Kier alpha value is -2.50. The molecule has 1 aliphatic heterocycles. The fraction of sp³-hybridized carbons (Fsp3) is 0.583. The Bertz CT molecular complexity index is 762. The van der Waals surface area contributed by atoms with Crippen LogP contribution >= 0.6 is 0 Å². The third kappa shape index (κ3) is 5.15. The minimum absolute atomic E-state index is 0.284. The summed E-state index contributed by atoms with van der Waals surface area (Å²) < 4.78 is 5.74. The van der Waals surface area contributed by atoms with Crippen LogP contribution in [0.1, 0.15) is 70.9 Å². The van der Waals surface area contributed by atoms with Gasteiger partial charge in [-0.3, -0.25) is 0 Å². The summed E-state index contributed by atoms with van der Waals surface area (Å²) in [5, 5.41) is 5.72. The highest BCUT2D eigenvalue weighted by Gasteiger charge is 2.33. The molecule has 1 unspecified atom stereocenters. The van der Waals surface area contributed by atoms with Crippen molar-refractivity contribution in [2.24, 2.45) is 5.92 Å². The van der Waals surface area contributed by atoms with Crippen molar-refractivity contribution in [1.82, 2.24) is 10.6 Å². The molecule has 6 nitrogen and oxygen atoms in total. The predicted molar refractivity (Wildman–Crippen MR) is 119 cm³/mol. The number of hydrogen-bond donors (Lipinski definition) is 2. The molecular weight excluding hydrogens is 378 g/mol. The minimum atomic E-state index is -0.502. The van der Waals surface area contributed by atoms with E-state index in [9.17, 15) is 9.59 Å². The van der Waals surface area contributed by atoms with Crippen molar-refractivity contribution in [1.29, 1.82) is 0 Å². The van der Waals surface area contributed by atoms with Gasteiger partial charge in [0.1, 0.15) is 0 Å². The third-order valence-electron chi connectivity index (χ3n) is 6.26. The topological polar surface area (TPSA) is 70.7 Å². The van der Waals surface area contributed by atoms with Gasteiger partial charge in [-0.25, -0.2) is 9.59 Å². The largest absolute Gasteiger partial charge is 0.462 e. The normalized spacial score (nSPS) is 19.8. The summed E-state index contributed by atoms with van der Waals surface area (Å²) in [6.07, 6.45) is 6.51. The molecule has 1 fully saturated rings. The zero-order chi connectivity index (χ0) is 21.5. The summed E-state index contributed by atoms with van der Waals surface area (Å²) in [4.78, 5) is 27.6. The standard InChI is InChI=1S/C24H35N3O3/c1-4-20-21(23(28)30-16-17-10-8-7-9-11-17)22(26-24(29)25-20)18-12-14-19(15-13-18)27(5-2)6-3/h12-15,17,22H,4-11,16H2,1-3H3,(H2,25,26,29). The highest BCUT2D eigenvalue weighted by molar-refractivity contribution is 5.95. The quantitative estimate of drug-likeness (QED) is 0.608. The second kappa shape index (κ2) is 10.5. The lowest BCUT2D eigenvalue weighted by molar-refractivity contribution is -0.141. The zero-order valence-electron chi connectivity index (χ0n) is 18.5. The molecule has 0 aromatic heterocycles. The lowest BCUT2D eigenvalue weighted by Gasteiger charge is -2.30. The van der Waals surface area contributed by atoms with Gasteiger partial charge in [-0.2, -0.15) is 0 Å². The first kappa shape index (κ1) is 22.2. The van der Waals surface area contributed by atoms with Gasteiger partial charge in [0.2, 0.25) is 0 Å². The molecule has 2 amide bonds. The Morgan fingerprint density at radius 1 is 1.07 bits per heavy atom. The Morgan fingerprint density at radius 3 is 2.33 bits per heavy atom. The van der Waals surface area contributed by atoms with Crippen LogP contribution in [-0.4, -0.2) is 31.7 Å². The minimum Gasteiger partial charge on any atom is -0.462 e. The Labute approximate surface area is 180 Å². The van der Waals surface area contributed by atoms with Gasteiger partial charge in [0.15, 0.2) is 0 Å². The van der Waals surface area contributed by atoms with E-state index >= 15 is 0 Å². The van der Waals surface area contributed by atoms with Crippen LogP contribution in [0.3, 0.4) is 0 Å². The van der Waals surface area contributed by atoms with Crippen molar-refractivity contribution >= 4 is 17.7 Å². The summed E-state index contributed by atoms with van der Waals surface area (Å²) in [7, 11) is 0. The SMILES string of the molecule is CCC1=C(C(=O)OCC2CCCCC2)C(c2ccc(N(CC)CC)cc2)NC(=O)N1. The lowest BCUT2D eigenvalue weighted by Crippen LogP contribution is -2.46. The number of nitrogens with one attached hydrogen (secondary N) is 2. The maximum absolute atomic E-state index is 13.1. The smallest absolute Gasteiger partial charge is 0.338 e. The molecule has 30 heavy (non-hydrogen) atoms. The average molecular weight is 414 g/mol. The molecule has 1 saturated carbocycles. The summed E-state index contributed by atoms with van der Waals surface area (Å²) in [6.45, 7) is 8.51. The van der Waals surface area contributed by atoms with Crippen LogP contribution in [0, 0.1) is 5.92 Å². The molecule has 1 aromatic carbocycles. The summed E-state index contributed by atoms with van der Waals surface area (Å²) in [6, 6.07) is 7.30. The number of benzene rings is 1. The Kier molecular flexibility index (Phi) is 7.77. The van der Waals surface area contributed by atoms with Gasteiger partial charge in [-0.15, -0.1) is 0 Å². The first-order chi connectivity index (χ1) is 14.6. The van der Waals surface area contributed by atoms with Crippen LogP contribution in [0.5, 0.6) is 0 Å². The molecule has 164 valence electrons. The van der Waals surface area contributed by atoms with Gasteiger partial charge < -0.3 is 20.3 Å². The van der Waals surface area contributed by atoms with Crippen molar-refractivity contribution in [2.45, 2.75) is 65.3 Å². The zero-order valence-corrected chi connectivity index (χ0v) is 18.5. The van der Waals surface area contributed by atoms with E-state index in [1.165, 1.54) is 19.3 Å². The molecule has 0 radical (unpaired) electrons. The number of anilines is 1. The van der Waals surface area contributed by atoms with Gasteiger partial charge >= 0.3 is 12.0 Å². The Balaban J connectivity index is 1.81. The number of urea groups is 1. The molecule has 1 aliphatic carbocycles. The van der Waals surface area contributed by atoms with Gasteiger partial charge in [0, 0.05) is 24.5 Å². The van der Waals surface area contributed by atoms with E-state index in [1.54, 1.807) is 0 Å². The molecular formula is C24H35N3O3. The molecule has 6 heteroatoms. The van der Waals surface area contributed by atoms with Crippen molar-refractivity contribution in [3.63, 3.8) is 0 Å². The predicted octanol–water partition coefficient (Wildman–Crippen LogP) is 4.67. The third-order valence-corrected chi connectivity index (χ3v) is 6.26. The monoisotopic (exact) mass is 413 g/mol. The molecule has 0 bridgehead atoms. The van der Waals surface area contributed by atoms with Crippen LogP contribution in [-0.2, 0) is 9.53 Å².